The van der Waals surface area contributed by atoms with Crippen LogP contribution >= 0.6 is 0 Å². The third-order valence-corrected chi connectivity index (χ3v) is 6.80. The molecule has 2 saturated heterocycles. The molecule has 1 saturated carbocycles. The second-order valence-electron chi connectivity index (χ2n) is 8.51. The van der Waals surface area contributed by atoms with Gasteiger partial charge in [0.05, 0.1) is 0 Å². The van der Waals surface area contributed by atoms with E-state index in [1.807, 2.05) is 24.3 Å². The molecule has 2 aliphatic heterocycles. The van der Waals surface area contributed by atoms with Crippen LogP contribution in [0.15, 0.2) is 24.3 Å². The lowest BCUT2D eigenvalue weighted by Crippen LogP contribution is -2.55. The number of rotatable bonds is 5. The first-order valence-corrected chi connectivity index (χ1v) is 9.85. The third-order valence-electron chi connectivity index (χ3n) is 6.80. The van der Waals surface area contributed by atoms with Gasteiger partial charge in [0.2, 0.25) is 5.91 Å². The number of hydrogen-bond donors (Lipinski definition) is 1. The van der Waals surface area contributed by atoms with Crippen molar-refractivity contribution >= 4 is 11.9 Å². The normalized spacial score (nSPS) is 32.4. The molecule has 1 aliphatic carbocycles. The molecule has 6 heteroatoms. The summed E-state index contributed by atoms with van der Waals surface area (Å²) in [5.74, 6) is -0.179. The molecule has 2 bridgehead atoms. The van der Waals surface area contributed by atoms with Crippen molar-refractivity contribution in [3.05, 3.63) is 29.8 Å². The van der Waals surface area contributed by atoms with Crippen molar-refractivity contribution in [3.8, 4) is 5.75 Å². The largest absolute Gasteiger partial charge is 0.482 e. The van der Waals surface area contributed by atoms with Crippen molar-refractivity contribution in [2.24, 2.45) is 5.41 Å². The Morgan fingerprint density at radius 3 is 2.59 bits per heavy atom. The number of aliphatic carboxylic acids is 1. The molecule has 6 nitrogen and oxygen atoms in total. The van der Waals surface area contributed by atoms with E-state index in [1.165, 1.54) is 18.4 Å². The third kappa shape index (κ3) is 3.20. The molecule has 0 unspecified atom stereocenters. The van der Waals surface area contributed by atoms with Gasteiger partial charge >= 0.3 is 5.97 Å². The zero-order chi connectivity index (χ0) is 19.2. The number of carbonyl (C=O) groups excluding carboxylic acids is 1. The maximum atomic E-state index is 12.3. The quantitative estimate of drug-likeness (QED) is 0.860. The van der Waals surface area contributed by atoms with Crippen molar-refractivity contribution in [2.45, 2.75) is 64.2 Å². The molecule has 1 aromatic rings. The lowest BCUT2D eigenvalue weighted by atomic mass is 9.65. The number of likely N-dealkylation sites (tertiary alicyclic amines) is 2. The van der Waals surface area contributed by atoms with E-state index in [9.17, 15) is 9.59 Å². The summed E-state index contributed by atoms with van der Waals surface area (Å²) in [4.78, 5) is 27.7. The van der Waals surface area contributed by atoms with E-state index in [0.29, 0.717) is 23.9 Å². The number of carboxylic acid groups (broad SMARTS) is 1. The second-order valence-corrected chi connectivity index (χ2v) is 8.51. The Balaban J connectivity index is 1.50. The summed E-state index contributed by atoms with van der Waals surface area (Å²) in [6, 6.07) is 8.92. The van der Waals surface area contributed by atoms with Crippen LogP contribution in [0.2, 0.25) is 0 Å². The fraction of sp³-hybridized carbons (Fsp3) is 0.619. The summed E-state index contributed by atoms with van der Waals surface area (Å²) in [7, 11) is 0. The number of ether oxygens (including phenoxy) is 1. The lowest BCUT2D eigenvalue weighted by molar-refractivity contribution is -0.139. The highest BCUT2D eigenvalue weighted by Gasteiger charge is 2.60. The molecule has 3 fully saturated rings. The summed E-state index contributed by atoms with van der Waals surface area (Å²) in [6.07, 6.45) is 4.64. The Labute approximate surface area is 160 Å². The number of amides is 1. The van der Waals surface area contributed by atoms with E-state index < -0.39 is 5.97 Å². The van der Waals surface area contributed by atoms with E-state index in [4.69, 9.17) is 9.84 Å². The number of nitrogens with zero attached hydrogens (tertiary/aromatic N) is 2. The van der Waals surface area contributed by atoms with Crippen LogP contribution in [-0.2, 0) is 16.1 Å². The average molecular weight is 372 g/mol. The smallest absolute Gasteiger partial charge is 0.341 e. The standard InChI is InChI=1S/C21H28N2O4/c1-14(24)23-16-10-21(2)18(4-3-5-19(21)23)22(12-16)11-15-6-8-17(9-7-15)27-13-20(25)26/h6-9,16,18-19H,3-5,10-13H2,1-2H3,(H,25,26)/t16-,18+,19-,21+/m0/s1. The van der Waals surface area contributed by atoms with Gasteiger partial charge in [-0.15, -0.1) is 0 Å². The van der Waals surface area contributed by atoms with Crippen LogP contribution in [-0.4, -0.2) is 58.1 Å². The minimum atomic E-state index is -0.974. The predicted octanol–water partition coefficient (Wildman–Crippen LogP) is 2.51. The maximum Gasteiger partial charge on any atom is 0.341 e. The molecule has 0 aromatic heterocycles. The second kappa shape index (κ2) is 6.82. The lowest BCUT2D eigenvalue weighted by Gasteiger charge is -2.50. The fourth-order valence-corrected chi connectivity index (χ4v) is 5.85. The van der Waals surface area contributed by atoms with Crippen LogP contribution in [0.1, 0.15) is 45.1 Å². The summed E-state index contributed by atoms with van der Waals surface area (Å²) >= 11 is 0. The molecular formula is C21H28N2O4. The highest BCUT2D eigenvalue weighted by atomic mass is 16.5. The number of fused-ring (bicyclic) bond motifs is 1. The number of carboxylic acids is 1. The van der Waals surface area contributed by atoms with Gasteiger partial charge in [0.25, 0.3) is 0 Å². The van der Waals surface area contributed by atoms with Gasteiger partial charge in [0.1, 0.15) is 5.75 Å². The van der Waals surface area contributed by atoms with Crippen LogP contribution in [0.4, 0.5) is 0 Å². The van der Waals surface area contributed by atoms with Gasteiger partial charge in [-0.05, 0) is 43.4 Å². The minimum Gasteiger partial charge on any atom is -0.482 e. The van der Waals surface area contributed by atoms with Gasteiger partial charge in [-0.2, -0.15) is 0 Å². The van der Waals surface area contributed by atoms with Crippen molar-refractivity contribution in [3.63, 3.8) is 0 Å². The molecule has 27 heavy (non-hydrogen) atoms. The number of piperidine rings is 1. The summed E-state index contributed by atoms with van der Waals surface area (Å²) < 4.78 is 5.22. The molecule has 4 rings (SSSR count). The van der Waals surface area contributed by atoms with E-state index in [2.05, 4.69) is 16.7 Å². The Hall–Kier alpha value is -2.08. The fourth-order valence-electron chi connectivity index (χ4n) is 5.85. The highest BCUT2D eigenvalue weighted by Crippen LogP contribution is 2.54. The van der Waals surface area contributed by atoms with Crippen molar-refractivity contribution < 1.29 is 19.4 Å². The molecule has 146 valence electrons. The molecule has 1 amide bonds. The van der Waals surface area contributed by atoms with Gasteiger partial charge in [-0.3, -0.25) is 9.69 Å². The van der Waals surface area contributed by atoms with Crippen LogP contribution in [0.5, 0.6) is 5.75 Å². The zero-order valence-corrected chi connectivity index (χ0v) is 16.1. The molecule has 3 aliphatic rings. The SMILES string of the molecule is CC(=O)N1[C@@H]2CN(Cc3ccc(OCC(=O)O)cc3)[C@@H]3CCC[C@H]1[C@]3(C)C2. The first-order valence-electron chi connectivity index (χ1n) is 9.85. The molecule has 0 radical (unpaired) electrons. The van der Waals surface area contributed by atoms with E-state index in [-0.39, 0.29) is 17.9 Å². The van der Waals surface area contributed by atoms with Crippen molar-refractivity contribution in [1.29, 1.82) is 0 Å². The van der Waals surface area contributed by atoms with Crippen LogP contribution < -0.4 is 4.74 Å². The molecule has 1 aromatic carbocycles. The maximum absolute atomic E-state index is 12.3. The number of carbonyl (C=O) groups is 2. The summed E-state index contributed by atoms with van der Waals surface area (Å²) in [6.45, 7) is 5.57. The minimum absolute atomic E-state index is 0.192. The Kier molecular flexibility index (Phi) is 4.62. The van der Waals surface area contributed by atoms with Gasteiger partial charge in [0, 0.05) is 43.6 Å². The monoisotopic (exact) mass is 372 g/mol. The number of benzene rings is 1. The van der Waals surface area contributed by atoms with Gasteiger partial charge in [-0.25, -0.2) is 4.79 Å². The molecule has 1 N–H and O–H groups in total. The van der Waals surface area contributed by atoms with Gasteiger partial charge in [-0.1, -0.05) is 19.1 Å². The first-order chi connectivity index (χ1) is 12.9. The molecule has 4 atom stereocenters. The van der Waals surface area contributed by atoms with Gasteiger partial charge in [0.15, 0.2) is 6.61 Å². The Morgan fingerprint density at radius 2 is 1.93 bits per heavy atom. The van der Waals surface area contributed by atoms with Gasteiger partial charge < -0.3 is 14.7 Å². The van der Waals surface area contributed by atoms with Crippen molar-refractivity contribution in [2.75, 3.05) is 13.2 Å². The Morgan fingerprint density at radius 1 is 1.22 bits per heavy atom. The Bertz CT molecular complexity index is 734. The molecule has 2 heterocycles. The van der Waals surface area contributed by atoms with E-state index >= 15 is 0 Å². The van der Waals surface area contributed by atoms with Crippen LogP contribution in [0.3, 0.4) is 0 Å². The average Bonchev–Trinajstić information content (AvgIpc) is 2.91. The van der Waals surface area contributed by atoms with Crippen LogP contribution in [0, 0.1) is 5.41 Å². The van der Waals surface area contributed by atoms with Crippen LogP contribution in [0.25, 0.3) is 0 Å². The molecule has 0 spiro atoms. The predicted molar refractivity (Wildman–Crippen MR) is 100 cm³/mol. The summed E-state index contributed by atoms with van der Waals surface area (Å²) in [5, 5.41) is 8.71. The van der Waals surface area contributed by atoms with Crippen molar-refractivity contribution in [1.82, 2.24) is 9.80 Å². The zero-order valence-electron chi connectivity index (χ0n) is 16.1. The van der Waals surface area contributed by atoms with E-state index in [1.54, 1.807) is 6.92 Å². The molecular weight excluding hydrogens is 344 g/mol. The topological polar surface area (TPSA) is 70.1 Å². The highest BCUT2D eigenvalue weighted by molar-refractivity contribution is 5.75. The number of hydrogen-bond acceptors (Lipinski definition) is 4. The summed E-state index contributed by atoms with van der Waals surface area (Å²) in [5.41, 5.74) is 1.39. The first kappa shape index (κ1) is 18.3. The van der Waals surface area contributed by atoms with E-state index in [0.717, 1.165) is 25.9 Å².